The first-order valence-corrected chi connectivity index (χ1v) is 12.7. The molecule has 5 rings (SSSR count). The van der Waals surface area contributed by atoms with E-state index in [4.69, 9.17) is 14.6 Å². The first kappa shape index (κ1) is 25.0. The van der Waals surface area contributed by atoms with Crippen LogP contribution in [-0.2, 0) is 13.1 Å². The summed E-state index contributed by atoms with van der Waals surface area (Å²) in [5, 5.41) is 30.5. The van der Waals surface area contributed by atoms with E-state index < -0.39 is 0 Å². The summed E-state index contributed by atoms with van der Waals surface area (Å²) in [6.07, 6.45) is 5.60. The van der Waals surface area contributed by atoms with Crippen LogP contribution in [0.5, 0.6) is 11.8 Å². The molecule has 0 radical (unpaired) electrons. The number of hydrogen-bond donors (Lipinski definition) is 3. The Morgan fingerprint density at radius 3 is 2.84 bits per heavy atom. The predicted molar refractivity (Wildman–Crippen MR) is 141 cm³/mol. The summed E-state index contributed by atoms with van der Waals surface area (Å²) in [5.74, 6) is 1.07. The quantitative estimate of drug-likeness (QED) is 0.375. The molecule has 1 atom stereocenters. The van der Waals surface area contributed by atoms with Gasteiger partial charge >= 0.3 is 0 Å². The first-order valence-electron chi connectivity index (χ1n) is 12.7. The molecule has 0 unspecified atom stereocenters. The Kier molecular flexibility index (Phi) is 6.98. The smallest absolute Gasteiger partial charge is 0.242 e. The molecule has 0 aliphatic carbocycles. The lowest BCUT2D eigenvalue weighted by atomic mass is 10.1. The predicted octanol–water partition coefficient (Wildman–Crippen LogP) is 3.41. The molecule has 0 spiro atoms. The van der Waals surface area contributed by atoms with Crippen molar-refractivity contribution in [3.8, 4) is 23.0 Å². The zero-order valence-corrected chi connectivity index (χ0v) is 21.9. The number of ether oxygens (including phenoxy) is 2. The van der Waals surface area contributed by atoms with Gasteiger partial charge in [0.15, 0.2) is 0 Å². The van der Waals surface area contributed by atoms with Crippen molar-refractivity contribution >= 4 is 23.1 Å². The minimum absolute atomic E-state index is 0.0222. The second kappa shape index (κ2) is 10.3. The average molecular weight is 507 g/mol. The van der Waals surface area contributed by atoms with Crippen LogP contribution in [-0.4, -0.2) is 77.1 Å². The Hall–Kier alpha value is -3.70. The third-order valence-corrected chi connectivity index (χ3v) is 6.60. The second-order valence-electron chi connectivity index (χ2n) is 9.58. The van der Waals surface area contributed by atoms with Crippen LogP contribution < -0.4 is 9.47 Å². The topological polar surface area (TPSA) is 130 Å². The third-order valence-electron chi connectivity index (χ3n) is 6.60. The molecule has 37 heavy (non-hydrogen) atoms. The second-order valence-corrected chi connectivity index (χ2v) is 9.58. The lowest BCUT2D eigenvalue weighted by Crippen LogP contribution is -2.39. The SMILES string of the molecule is CCOc1nn(CCO)c2c1/C=C/c1n[nH]c3cnc(cc13)-c1c(n[nH]c1C)O[C@H](C)CN(C(C)C)C2. The fourth-order valence-electron chi connectivity index (χ4n) is 4.71. The maximum Gasteiger partial charge on any atom is 0.242 e. The summed E-state index contributed by atoms with van der Waals surface area (Å²) in [7, 11) is 0. The van der Waals surface area contributed by atoms with Gasteiger partial charge in [0.2, 0.25) is 11.8 Å². The van der Waals surface area contributed by atoms with E-state index in [-0.39, 0.29) is 18.8 Å². The summed E-state index contributed by atoms with van der Waals surface area (Å²) < 4.78 is 14.1. The molecule has 3 N–H and O–H groups in total. The van der Waals surface area contributed by atoms with Crippen molar-refractivity contribution in [3.05, 3.63) is 34.9 Å². The van der Waals surface area contributed by atoms with Gasteiger partial charge in [0.1, 0.15) is 6.10 Å². The van der Waals surface area contributed by atoms with E-state index in [1.807, 2.05) is 43.7 Å². The summed E-state index contributed by atoms with van der Waals surface area (Å²) in [4.78, 5) is 6.99. The zero-order chi connectivity index (χ0) is 26.1. The molecule has 0 saturated carbocycles. The van der Waals surface area contributed by atoms with E-state index in [9.17, 15) is 5.11 Å². The Labute approximate surface area is 215 Å². The number of H-pyrrole nitrogens is 2. The summed E-state index contributed by atoms with van der Waals surface area (Å²) in [6, 6.07) is 2.24. The molecule has 4 aromatic heterocycles. The highest BCUT2D eigenvalue weighted by Gasteiger charge is 2.25. The number of nitrogens with one attached hydrogen (secondary N) is 2. The number of rotatable bonds is 5. The molecule has 0 aromatic carbocycles. The van der Waals surface area contributed by atoms with E-state index in [1.165, 1.54) is 0 Å². The van der Waals surface area contributed by atoms with Gasteiger partial charge in [-0.3, -0.25) is 24.8 Å². The van der Waals surface area contributed by atoms with Gasteiger partial charge in [-0.15, -0.1) is 10.2 Å². The van der Waals surface area contributed by atoms with E-state index in [0.717, 1.165) is 44.8 Å². The van der Waals surface area contributed by atoms with Gasteiger partial charge in [-0.1, -0.05) is 0 Å². The van der Waals surface area contributed by atoms with E-state index in [0.29, 0.717) is 38.0 Å². The number of fused-ring (bicyclic) bond motifs is 4. The number of aromatic nitrogens is 7. The highest BCUT2D eigenvalue weighted by molar-refractivity contribution is 5.92. The highest BCUT2D eigenvalue weighted by atomic mass is 16.5. The van der Waals surface area contributed by atoms with Gasteiger partial charge in [-0.05, 0) is 52.8 Å². The molecule has 11 heteroatoms. The lowest BCUT2D eigenvalue weighted by molar-refractivity contribution is 0.112. The summed E-state index contributed by atoms with van der Waals surface area (Å²) in [5.41, 5.74) is 5.93. The third kappa shape index (κ3) is 4.84. The molecule has 1 aliphatic rings. The van der Waals surface area contributed by atoms with Gasteiger partial charge in [0.05, 0.1) is 59.7 Å². The molecule has 11 nitrogen and oxygen atoms in total. The van der Waals surface area contributed by atoms with Gasteiger partial charge in [0.25, 0.3) is 0 Å². The van der Waals surface area contributed by atoms with Crippen molar-refractivity contribution in [1.82, 2.24) is 40.1 Å². The van der Waals surface area contributed by atoms with Crippen molar-refractivity contribution in [2.75, 3.05) is 19.8 Å². The maximum atomic E-state index is 9.75. The van der Waals surface area contributed by atoms with Crippen LogP contribution >= 0.6 is 0 Å². The Morgan fingerprint density at radius 2 is 2.08 bits per heavy atom. The monoisotopic (exact) mass is 506 g/mol. The minimum atomic E-state index is -0.151. The van der Waals surface area contributed by atoms with Crippen LogP contribution in [0.15, 0.2) is 12.3 Å². The number of hydrogen-bond acceptors (Lipinski definition) is 8. The number of aromatic amines is 2. The standard InChI is InChI=1S/C26H34N8O3/c1-6-36-25-18-7-8-20-19-11-21(27-12-22(19)30-29-20)24-17(5)28-31-26(24)37-16(4)13-33(15(2)3)14-23(18)34(32-25)9-10-35/h7-8,11-12,15-16,35H,6,9-10,13-14H2,1-5H3,(H,28,31)(H,29,30)/b8-7+/t16-/m1/s1. The molecule has 0 saturated heterocycles. The maximum absolute atomic E-state index is 9.75. The van der Waals surface area contributed by atoms with E-state index >= 15 is 0 Å². The van der Waals surface area contributed by atoms with Gasteiger partial charge < -0.3 is 14.6 Å². The number of nitrogens with zero attached hydrogens (tertiary/aromatic N) is 6. The van der Waals surface area contributed by atoms with Crippen molar-refractivity contribution in [2.24, 2.45) is 0 Å². The lowest BCUT2D eigenvalue weighted by Gasteiger charge is -2.29. The zero-order valence-electron chi connectivity index (χ0n) is 21.9. The fourth-order valence-corrected chi connectivity index (χ4v) is 4.71. The van der Waals surface area contributed by atoms with Gasteiger partial charge in [0, 0.05) is 30.2 Å². The molecule has 2 bridgehead atoms. The first-order chi connectivity index (χ1) is 17.9. The molecular weight excluding hydrogens is 472 g/mol. The molecule has 4 aromatic rings. The minimum Gasteiger partial charge on any atom is -0.476 e. The summed E-state index contributed by atoms with van der Waals surface area (Å²) in [6.45, 7) is 12.4. The molecule has 1 aliphatic heterocycles. The fraction of sp³-hybridized carbons (Fsp3) is 0.462. The Bertz CT molecular complexity index is 1420. The van der Waals surface area contributed by atoms with Crippen LogP contribution in [0.2, 0.25) is 0 Å². The number of aryl methyl sites for hydroxylation is 1. The Morgan fingerprint density at radius 1 is 1.24 bits per heavy atom. The summed E-state index contributed by atoms with van der Waals surface area (Å²) >= 11 is 0. The van der Waals surface area contributed by atoms with Crippen LogP contribution in [0.4, 0.5) is 0 Å². The Balaban J connectivity index is 1.71. The van der Waals surface area contributed by atoms with Gasteiger partial charge in [-0.2, -0.15) is 5.10 Å². The van der Waals surface area contributed by atoms with Crippen LogP contribution in [0.3, 0.4) is 0 Å². The van der Waals surface area contributed by atoms with Gasteiger partial charge in [-0.25, -0.2) is 0 Å². The van der Waals surface area contributed by atoms with Crippen molar-refractivity contribution < 1.29 is 14.6 Å². The van der Waals surface area contributed by atoms with Crippen LogP contribution in [0.1, 0.15) is 50.3 Å². The largest absolute Gasteiger partial charge is 0.476 e. The number of aliphatic hydroxyl groups is 1. The number of pyridine rings is 1. The van der Waals surface area contributed by atoms with Crippen molar-refractivity contribution in [1.29, 1.82) is 0 Å². The van der Waals surface area contributed by atoms with E-state index in [2.05, 4.69) is 44.1 Å². The van der Waals surface area contributed by atoms with Crippen molar-refractivity contribution in [3.63, 3.8) is 0 Å². The van der Waals surface area contributed by atoms with E-state index in [1.54, 1.807) is 6.20 Å². The van der Waals surface area contributed by atoms with Crippen LogP contribution in [0.25, 0.3) is 34.3 Å². The highest BCUT2D eigenvalue weighted by Crippen LogP contribution is 2.34. The molecule has 5 heterocycles. The molecule has 0 amide bonds. The molecule has 196 valence electrons. The average Bonchev–Trinajstić information content (AvgIpc) is 3.52. The normalized spacial score (nSPS) is 17.3. The van der Waals surface area contributed by atoms with Crippen LogP contribution in [0, 0.1) is 6.92 Å². The molecular formula is C26H34N8O3. The molecule has 0 fully saturated rings. The number of aliphatic hydroxyl groups excluding tert-OH is 1. The van der Waals surface area contributed by atoms with Crippen molar-refractivity contribution in [2.45, 2.75) is 59.9 Å².